The van der Waals surface area contributed by atoms with Crippen LogP contribution in [0.25, 0.3) is 0 Å². The maximum Gasteiger partial charge on any atom is 1.00 e. The number of hydrogen-bond donors (Lipinski definition) is 0. The molecule has 1 aromatic rings. The molecular weight excluding hydrogens is 253 g/mol. The van der Waals surface area contributed by atoms with Crippen LogP contribution in [-0.2, 0) is 9.53 Å². The second-order valence-corrected chi connectivity index (χ2v) is 4.41. The molecule has 0 aromatic heterocycles. The number of unbranched alkanes of at least 4 members (excludes halogenated alkanes) is 1. The molecule has 0 radical (unpaired) electrons. The molecule has 0 aliphatic rings. The number of anilines is 1. The first-order valence-corrected chi connectivity index (χ1v) is 6.16. The molecule has 0 heterocycles. The average molecular weight is 273 g/mol. The van der Waals surface area contributed by atoms with Gasteiger partial charge in [0.25, 0.3) is 0 Å². The van der Waals surface area contributed by atoms with Gasteiger partial charge in [0.05, 0.1) is 5.97 Å². The first-order valence-electron chi connectivity index (χ1n) is 6.16. The third-order valence-electron chi connectivity index (χ3n) is 2.71. The van der Waals surface area contributed by atoms with Crippen molar-refractivity contribution in [1.29, 1.82) is 0 Å². The van der Waals surface area contributed by atoms with Gasteiger partial charge in [0, 0.05) is 26.4 Å². The molecule has 4 nitrogen and oxygen atoms in total. The van der Waals surface area contributed by atoms with Crippen molar-refractivity contribution in [2.45, 2.75) is 25.9 Å². The van der Waals surface area contributed by atoms with E-state index in [1.807, 2.05) is 38.1 Å². The zero-order chi connectivity index (χ0) is 13.5. The summed E-state index contributed by atoms with van der Waals surface area (Å²) in [5, 5.41) is 11.1. The molecule has 0 bridgehead atoms. The van der Waals surface area contributed by atoms with E-state index in [2.05, 4.69) is 0 Å². The van der Waals surface area contributed by atoms with E-state index in [1.54, 1.807) is 12.1 Å². The molecule has 1 aromatic carbocycles. The summed E-state index contributed by atoms with van der Waals surface area (Å²) in [5.74, 6) is -1.19. The minimum atomic E-state index is -1.19. The molecule has 0 amide bonds. The maximum atomic E-state index is 11.1. The summed E-state index contributed by atoms with van der Waals surface area (Å²) in [6, 6.07) is 7.27. The van der Waals surface area contributed by atoms with Crippen molar-refractivity contribution >= 4 is 11.7 Å². The van der Waals surface area contributed by atoms with Crippen molar-refractivity contribution in [2.75, 3.05) is 25.6 Å². The fraction of sp³-hybridized carbons (Fsp3) is 0.500. The van der Waals surface area contributed by atoms with Crippen molar-refractivity contribution in [1.82, 2.24) is 0 Å². The van der Waals surface area contributed by atoms with Crippen LogP contribution in [0.4, 0.5) is 5.69 Å². The van der Waals surface area contributed by atoms with Gasteiger partial charge in [0.1, 0.15) is 6.10 Å². The van der Waals surface area contributed by atoms with E-state index in [1.165, 1.54) is 0 Å². The predicted octanol–water partition coefficient (Wildman–Crippen LogP) is -1.64. The summed E-state index contributed by atoms with van der Waals surface area (Å²) in [6.07, 6.45) is 0.839. The number of carbonyl (C=O) groups excluding carboxylic acids is 1. The Hall–Kier alpha value is -0.550. The van der Waals surface area contributed by atoms with E-state index in [0.717, 1.165) is 18.5 Å². The Bertz CT molecular complexity index is 379. The van der Waals surface area contributed by atoms with Crippen LogP contribution in [0.1, 0.15) is 31.4 Å². The number of carboxylic acids is 1. The number of nitrogens with zero attached hydrogens (tertiary/aromatic N) is 1. The fourth-order valence-electron chi connectivity index (χ4n) is 1.59. The third kappa shape index (κ3) is 5.95. The molecule has 0 N–H and O–H groups in total. The number of hydrogen-bond acceptors (Lipinski definition) is 4. The fourth-order valence-corrected chi connectivity index (χ4v) is 1.59. The Morgan fingerprint density at radius 3 is 2.32 bits per heavy atom. The molecule has 5 heteroatoms. The number of benzene rings is 1. The minimum Gasteiger partial charge on any atom is -0.547 e. The largest absolute Gasteiger partial charge is 1.00 e. The number of carboxylic acid groups (broad SMARTS) is 1. The van der Waals surface area contributed by atoms with Crippen LogP contribution < -0.4 is 39.6 Å². The van der Waals surface area contributed by atoms with Gasteiger partial charge in [-0.1, -0.05) is 25.5 Å². The maximum absolute atomic E-state index is 11.1. The molecule has 19 heavy (non-hydrogen) atoms. The van der Waals surface area contributed by atoms with Crippen molar-refractivity contribution in [3.05, 3.63) is 29.8 Å². The quantitative estimate of drug-likeness (QED) is 0.442. The first-order chi connectivity index (χ1) is 8.56. The molecule has 0 aliphatic carbocycles. The Morgan fingerprint density at radius 2 is 1.89 bits per heavy atom. The molecule has 0 fully saturated rings. The topological polar surface area (TPSA) is 52.6 Å². The summed E-state index contributed by atoms with van der Waals surface area (Å²) in [4.78, 5) is 13.0. The Labute approximate surface area is 137 Å². The molecule has 1 unspecified atom stereocenters. The standard InChI is InChI=1S/C14H21NO3.Na/c1-4-5-10-18-13(14(16)17)11-6-8-12(9-7-11)15(2)3;/h6-9,13H,4-5,10H2,1-3H3,(H,16,17);/q;+1/p-1. The van der Waals surface area contributed by atoms with Crippen molar-refractivity contribution < 1.29 is 44.2 Å². The van der Waals surface area contributed by atoms with Crippen LogP contribution in [0, 0.1) is 0 Å². The second-order valence-electron chi connectivity index (χ2n) is 4.41. The van der Waals surface area contributed by atoms with Crippen LogP contribution in [0.3, 0.4) is 0 Å². The molecule has 0 saturated carbocycles. The monoisotopic (exact) mass is 273 g/mol. The van der Waals surface area contributed by atoms with Crippen LogP contribution in [-0.4, -0.2) is 26.7 Å². The molecule has 1 atom stereocenters. The summed E-state index contributed by atoms with van der Waals surface area (Å²) >= 11 is 0. The van der Waals surface area contributed by atoms with Gasteiger partial charge in [-0.15, -0.1) is 0 Å². The van der Waals surface area contributed by atoms with Gasteiger partial charge in [-0.3, -0.25) is 0 Å². The SMILES string of the molecule is CCCCOC(C(=O)[O-])c1ccc(N(C)C)cc1.[Na+]. The smallest absolute Gasteiger partial charge is 0.547 e. The Balaban J connectivity index is 0.00000324. The summed E-state index contributed by atoms with van der Waals surface area (Å²) in [5.41, 5.74) is 1.64. The van der Waals surface area contributed by atoms with Crippen molar-refractivity contribution in [3.63, 3.8) is 0 Å². The third-order valence-corrected chi connectivity index (χ3v) is 2.71. The molecule has 100 valence electrons. The normalized spacial score (nSPS) is 11.5. The van der Waals surface area contributed by atoms with Crippen LogP contribution >= 0.6 is 0 Å². The zero-order valence-electron chi connectivity index (χ0n) is 12.2. The van der Waals surface area contributed by atoms with E-state index < -0.39 is 12.1 Å². The van der Waals surface area contributed by atoms with Gasteiger partial charge in [0.2, 0.25) is 0 Å². The molecule has 0 saturated heterocycles. The van der Waals surface area contributed by atoms with Gasteiger partial charge in [0.15, 0.2) is 0 Å². The zero-order valence-corrected chi connectivity index (χ0v) is 14.2. The summed E-state index contributed by atoms with van der Waals surface area (Å²) in [6.45, 7) is 2.47. The average Bonchev–Trinajstić information content (AvgIpc) is 2.34. The van der Waals surface area contributed by atoms with Gasteiger partial charge in [-0.25, -0.2) is 0 Å². The Kier molecular flexibility index (Phi) is 9.10. The molecule has 0 spiro atoms. The number of aliphatic carboxylic acids is 1. The Morgan fingerprint density at radius 1 is 1.32 bits per heavy atom. The first kappa shape index (κ1) is 18.4. The van der Waals surface area contributed by atoms with Gasteiger partial charge in [-0.2, -0.15) is 0 Å². The van der Waals surface area contributed by atoms with Gasteiger partial charge >= 0.3 is 29.6 Å². The predicted molar refractivity (Wildman–Crippen MR) is 69.4 cm³/mol. The van der Waals surface area contributed by atoms with E-state index in [0.29, 0.717) is 12.2 Å². The number of rotatable bonds is 7. The van der Waals surface area contributed by atoms with E-state index >= 15 is 0 Å². The number of carbonyl (C=O) groups is 1. The van der Waals surface area contributed by atoms with Gasteiger partial charge < -0.3 is 19.5 Å². The number of ether oxygens (including phenoxy) is 1. The minimum absolute atomic E-state index is 0. The van der Waals surface area contributed by atoms with Crippen LogP contribution in [0.2, 0.25) is 0 Å². The summed E-state index contributed by atoms with van der Waals surface area (Å²) in [7, 11) is 3.87. The van der Waals surface area contributed by atoms with E-state index in [4.69, 9.17) is 4.74 Å². The molecule has 1 rings (SSSR count). The molecular formula is C14H20NNaO3. The van der Waals surface area contributed by atoms with Crippen LogP contribution in [0.5, 0.6) is 0 Å². The van der Waals surface area contributed by atoms with E-state index in [9.17, 15) is 9.90 Å². The van der Waals surface area contributed by atoms with E-state index in [-0.39, 0.29) is 29.6 Å². The molecule has 0 aliphatic heterocycles. The van der Waals surface area contributed by atoms with Crippen molar-refractivity contribution in [2.24, 2.45) is 0 Å². The second kappa shape index (κ2) is 9.37. The van der Waals surface area contributed by atoms with Crippen LogP contribution in [0.15, 0.2) is 24.3 Å². The van der Waals surface area contributed by atoms with Gasteiger partial charge in [-0.05, 0) is 24.1 Å². The summed E-state index contributed by atoms with van der Waals surface area (Å²) < 4.78 is 5.35. The van der Waals surface area contributed by atoms with Crippen molar-refractivity contribution in [3.8, 4) is 0 Å².